The van der Waals surface area contributed by atoms with Crippen molar-refractivity contribution in [2.45, 2.75) is 22.8 Å². The van der Waals surface area contributed by atoms with Gasteiger partial charge in [0.05, 0.1) is 21.0 Å². The van der Waals surface area contributed by atoms with E-state index in [2.05, 4.69) is 22.1 Å². The normalized spacial score (nSPS) is 18.0. The van der Waals surface area contributed by atoms with Gasteiger partial charge >= 0.3 is 0 Å². The third-order valence-electron chi connectivity index (χ3n) is 4.81. The fraction of sp³-hybridized carbons (Fsp3) is 0.250. The molecule has 1 aromatic heterocycles. The Morgan fingerprint density at radius 1 is 1.15 bits per heavy atom. The van der Waals surface area contributed by atoms with E-state index in [0.717, 1.165) is 36.2 Å². The minimum atomic E-state index is -3.64. The van der Waals surface area contributed by atoms with Gasteiger partial charge in [-0.2, -0.15) is 0 Å². The quantitative estimate of drug-likeness (QED) is 0.727. The van der Waals surface area contributed by atoms with Crippen molar-refractivity contribution in [3.8, 4) is 0 Å². The van der Waals surface area contributed by atoms with Crippen LogP contribution in [0.15, 0.2) is 64.5 Å². The number of hydrogen-bond donors (Lipinski definition) is 1. The smallest absolute Gasteiger partial charge is 0.208 e. The van der Waals surface area contributed by atoms with Crippen molar-refractivity contribution in [2.24, 2.45) is 0 Å². The van der Waals surface area contributed by atoms with Crippen LogP contribution < -0.4 is 10.2 Å². The fourth-order valence-electron chi connectivity index (χ4n) is 3.43. The standard InChI is InChI=1S/C20H20ClN3O2S/c1-14-13-24(10-9-22-14)19-4-2-3-15-11-18(12-23-20(15)19)27(25,26)17-7-5-16(21)6-8-17/h2-8,11-12,14,22H,9-10,13H2,1H3. The van der Waals surface area contributed by atoms with Crippen LogP contribution >= 0.6 is 11.6 Å². The summed E-state index contributed by atoms with van der Waals surface area (Å²) in [5.74, 6) is 0. The zero-order chi connectivity index (χ0) is 19.0. The number of aromatic nitrogens is 1. The van der Waals surface area contributed by atoms with Crippen LogP contribution in [0.5, 0.6) is 0 Å². The molecule has 0 saturated carbocycles. The number of fused-ring (bicyclic) bond motifs is 1. The molecule has 140 valence electrons. The van der Waals surface area contributed by atoms with Crippen molar-refractivity contribution in [3.63, 3.8) is 0 Å². The lowest BCUT2D eigenvalue weighted by molar-refractivity contribution is 0.485. The van der Waals surface area contributed by atoms with Gasteiger partial charge in [0, 0.05) is 42.3 Å². The summed E-state index contributed by atoms with van der Waals surface area (Å²) in [5.41, 5.74) is 1.86. The van der Waals surface area contributed by atoms with Gasteiger partial charge in [0.25, 0.3) is 0 Å². The van der Waals surface area contributed by atoms with E-state index in [1.54, 1.807) is 18.2 Å². The van der Waals surface area contributed by atoms with Gasteiger partial charge in [-0.05, 0) is 43.3 Å². The maximum absolute atomic E-state index is 12.9. The molecule has 0 radical (unpaired) electrons. The molecule has 2 heterocycles. The summed E-state index contributed by atoms with van der Waals surface area (Å²) in [5, 5.41) is 4.74. The van der Waals surface area contributed by atoms with Crippen LogP contribution in [-0.2, 0) is 9.84 Å². The third-order valence-corrected chi connectivity index (χ3v) is 6.80. The average Bonchev–Trinajstić information content (AvgIpc) is 2.67. The van der Waals surface area contributed by atoms with E-state index in [0.29, 0.717) is 11.1 Å². The molecule has 1 aliphatic rings. The summed E-state index contributed by atoms with van der Waals surface area (Å²) < 4.78 is 25.8. The first kappa shape index (κ1) is 18.2. The van der Waals surface area contributed by atoms with Gasteiger partial charge < -0.3 is 10.2 Å². The zero-order valence-electron chi connectivity index (χ0n) is 14.9. The summed E-state index contributed by atoms with van der Waals surface area (Å²) in [7, 11) is -3.64. The van der Waals surface area contributed by atoms with Gasteiger partial charge in [-0.15, -0.1) is 0 Å². The van der Waals surface area contributed by atoms with E-state index in [4.69, 9.17) is 11.6 Å². The molecule has 0 spiro atoms. The van der Waals surface area contributed by atoms with Crippen LogP contribution in [0.3, 0.4) is 0 Å². The number of piperazine rings is 1. The van der Waals surface area contributed by atoms with Crippen LogP contribution in [0, 0.1) is 0 Å². The lowest BCUT2D eigenvalue weighted by Crippen LogP contribution is -2.49. The highest BCUT2D eigenvalue weighted by molar-refractivity contribution is 7.91. The molecule has 2 aromatic carbocycles. The van der Waals surface area contributed by atoms with Gasteiger partial charge in [-0.1, -0.05) is 23.7 Å². The molecule has 1 fully saturated rings. The molecule has 4 rings (SSSR count). The average molecular weight is 402 g/mol. The molecule has 27 heavy (non-hydrogen) atoms. The molecule has 0 bridgehead atoms. The molecule has 7 heteroatoms. The molecular weight excluding hydrogens is 382 g/mol. The van der Waals surface area contributed by atoms with Gasteiger partial charge in [-0.25, -0.2) is 8.42 Å². The first-order valence-electron chi connectivity index (χ1n) is 8.83. The van der Waals surface area contributed by atoms with E-state index < -0.39 is 9.84 Å². The monoisotopic (exact) mass is 401 g/mol. The highest BCUT2D eigenvalue weighted by atomic mass is 35.5. The molecular formula is C20H20ClN3O2S. The predicted octanol–water partition coefficient (Wildman–Crippen LogP) is 3.52. The summed E-state index contributed by atoms with van der Waals surface area (Å²) in [6, 6.07) is 14.2. The van der Waals surface area contributed by atoms with Crippen LogP contribution in [0.25, 0.3) is 10.9 Å². The van der Waals surface area contributed by atoms with Crippen LogP contribution in [0.1, 0.15) is 6.92 Å². The van der Waals surface area contributed by atoms with Crippen LogP contribution in [0.2, 0.25) is 5.02 Å². The van der Waals surface area contributed by atoms with Crippen molar-refractivity contribution < 1.29 is 8.42 Å². The Labute approximate surface area is 163 Å². The molecule has 3 aromatic rings. The van der Waals surface area contributed by atoms with E-state index in [9.17, 15) is 8.42 Å². The van der Waals surface area contributed by atoms with Crippen molar-refractivity contribution in [1.29, 1.82) is 0 Å². The topological polar surface area (TPSA) is 62.3 Å². The molecule has 0 aliphatic carbocycles. The third kappa shape index (κ3) is 3.52. The number of benzene rings is 2. The number of halogens is 1. The number of anilines is 1. The Kier molecular flexibility index (Phi) is 4.80. The summed E-state index contributed by atoms with van der Waals surface area (Å²) in [4.78, 5) is 7.21. The Morgan fingerprint density at radius 2 is 1.93 bits per heavy atom. The van der Waals surface area contributed by atoms with Gasteiger partial charge in [0.1, 0.15) is 0 Å². The number of nitrogens with one attached hydrogen (secondary N) is 1. The van der Waals surface area contributed by atoms with Gasteiger partial charge in [0.15, 0.2) is 0 Å². The molecule has 1 N–H and O–H groups in total. The highest BCUT2D eigenvalue weighted by Gasteiger charge is 2.21. The summed E-state index contributed by atoms with van der Waals surface area (Å²) >= 11 is 5.87. The second-order valence-electron chi connectivity index (χ2n) is 6.78. The van der Waals surface area contributed by atoms with Crippen molar-refractivity contribution in [2.75, 3.05) is 24.5 Å². The maximum Gasteiger partial charge on any atom is 0.208 e. The van der Waals surface area contributed by atoms with Crippen molar-refractivity contribution in [3.05, 3.63) is 59.8 Å². The first-order valence-corrected chi connectivity index (χ1v) is 10.7. The SMILES string of the molecule is CC1CN(c2cccc3cc(S(=O)(=O)c4ccc(Cl)cc4)cnc23)CCN1. The van der Waals surface area contributed by atoms with E-state index in [1.165, 1.54) is 18.3 Å². The minimum absolute atomic E-state index is 0.183. The number of rotatable bonds is 3. The van der Waals surface area contributed by atoms with Crippen LogP contribution in [0.4, 0.5) is 5.69 Å². The highest BCUT2D eigenvalue weighted by Crippen LogP contribution is 2.29. The summed E-state index contributed by atoms with van der Waals surface area (Å²) in [6.45, 7) is 4.86. The summed E-state index contributed by atoms with van der Waals surface area (Å²) in [6.07, 6.45) is 1.45. The van der Waals surface area contributed by atoms with E-state index in [-0.39, 0.29) is 9.79 Å². The predicted molar refractivity (Wildman–Crippen MR) is 108 cm³/mol. The second kappa shape index (κ2) is 7.11. The maximum atomic E-state index is 12.9. The molecule has 0 amide bonds. The molecule has 5 nitrogen and oxygen atoms in total. The van der Waals surface area contributed by atoms with Crippen LogP contribution in [-0.4, -0.2) is 39.1 Å². The lowest BCUT2D eigenvalue weighted by atomic mass is 10.1. The zero-order valence-corrected chi connectivity index (χ0v) is 16.5. The Balaban J connectivity index is 1.76. The Hall–Kier alpha value is -2.15. The first-order chi connectivity index (χ1) is 12.9. The Bertz CT molecular complexity index is 1080. The number of para-hydroxylation sites is 1. The second-order valence-corrected chi connectivity index (χ2v) is 9.16. The number of hydrogen-bond acceptors (Lipinski definition) is 5. The minimum Gasteiger partial charge on any atom is -0.367 e. The Morgan fingerprint density at radius 3 is 2.67 bits per heavy atom. The molecule has 1 saturated heterocycles. The lowest BCUT2D eigenvalue weighted by Gasteiger charge is -2.34. The molecule has 1 aliphatic heterocycles. The molecule has 1 unspecified atom stereocenters. The van der Waals surface area contributed by atoms with Crippen molar-refractivity contribution >= 4 is 38.0 Å². The number of nitrogens with zero attached hydrogens (tertiary/aromatic N) is 2. The molecule has 1 atom stereocenters. The fourth-order valence-corrected chi connectivity index (χ4v) is 4.79. The van der Waals surface area contributed by atoms with Gasteiger partial charge in [0.2, 0.25) is 9.84 Å². The number of pyridine rings is 1. The van der Waals surface area contributed by atoms with Crippen molar-refractivity contribution in [1.82, 2.24) is 10.3 Å². The number of sulfone groups is 1. The van der Waals surface area contributed by atoms with Gasteiger partial charge in [-0.3, -0.25) is 4.98 Å². The van der Waals surface area contributed by atoms with E-state index >= 15 is 0 Å². The largest absolute Gasteiger partial charge is 0.367 e. The van der Waals surface area contributed by atoms with E-state index in [1.807, 2.05) is 18.2 Å².